The number of aliphatic hydroxyl groups is 1. The van der Waals surface area contributed by atoms with Crippen molar-refractivity contribution in [1.29, 1.82) is 0 Å². The van der Waals surface area contributed by atoms with Gasteiger partial charge in [-0.3, -0.25) is 9.59 Å². The maximum Gasteiger partial charge on any atom is 0.573 e. The number of carbonyl (C=O) groups excluding carboxylic acids is 2. The van der Waals surface area contributed by atoms with Crippen LogP contribution in [0.2, 0.25) is 0 Å². The molecule has 0 saturated carbocycles. The van der Waals surface area contributed by atoms with Gasteiger partial charge in [-0.15, -0.1) is 13.2 Å². The molecule has 0 aliphatic heterocycles. The molecule has 3 aromatic rings. The molecule has 1 aromatic heterocycles. The second kappa shape index (κ2) is 9.35. The molecule has 3 N–H and O–H groups in total. The highest BCUT2D eigenvalue weighted by Gasteiger charge is 2.31. The molecule has 2 aromatic carbocycles. The van der Waals surface area contributed by atoms with Gasteiger partial charge in [-0.25, -0.2) is 0 Å². The number of hydrogen-bond donors (Lipinski definition) is 3. The molecule has 3 rings (SSSR count). The fraction of sp³-hybridized carbons (Fsp3) is 0.143. The molecule has 10 heteroatoms. The topological polar surface area (TPSA) is 101 Å². The molecule has 0 saturated heterocycles. The van der Waals surface area contributed by atoms with Crippen LogP contribution in [-0.4, -0.2) is 29.8 Å². The zero-order valence-corrected chi connectivity index (χ0v) is 15.8. The van der Waals surface area contributed by atoms with E-state index in [1.54, 1.807) is 42.7 Å². The van der Waals surface area contributed by atoms with Crippen LogP contribution in [-0.2, 0) is 9.59 Å². The Balaban J connectivity index is 1.49. The lowest BCUT2D eigenvalue weighted by Crippen LogP contribution is -2.37. The highest BCUT2D eigenvalue weighted by molar-refractivity contribution is 6.39. The summed E-state index contributed by atoms with van der Waals surface area (Å²) in [4.78, 5) is 23.9. The maximum atomic E-state index is 12.1. The molecule has 0 aliphatic rings. The van der Waals surface area contributed by atoms with Crippen molar-refractivity contribution in [2.24, 2.45) is 0 Å². The molecular formula is C21H17F3N2O5. The molecule has 1 atom stereocenters. The first-order chi connectivity index (χ1) is 14.7. The molecule has 0 aliphatic carbocycles. The lowest BCUT2D eigenvalue weighted by molar-refractivity contribution is -0.274. The number of aliphatic hydroxyl groups excluding tert-OH is 1. The van der Waals surface area contributed by atoms with Gasteiger partial charge in [0.25, 0.3) is 0 Å². The number of furan rings is 1. The maximum absolute atomic E-state index is 12.1. The number of halogens is 3. The Morgan fingerprint density at radius 1 is 1.00 bits per heavy atom. The van der Waals surface area contributed by atoms with E-state index in [4.69, 9.17) is 4.42 Å². The number of ether oxygens (including phenoxy) is 1. The molecule has 0 spiro atoms. The van der Waals surface area contributed by atoms with Crippen LogP contribution in [0.5, 0.6) is 5.75 Å². The summed E-state index contributed by atoms with van der Waals surface area (Å²) < 4.78 is 45.4. The van der Waals surface area contributed by atoms with Crippen molar-refractivity contribution in [2.75, 3.05) is 11.9 Å². The van der Waals surface area contributed by atoms with Crippen LogP contribution in [0.4, 0.5) is 18.9 Å². The van der Waals surface area contributed by atoms with Crippen LogP contribution in [0.15, 0.2) is 71.3 Å². The zero-order valence-electron chi connectivity index (χ0n) is 15.8. The van der Waals surface area contributed by atoms with Crippen LogP contribution in [0.3, 0.4) is 0 Å². The molecule has 0 unspecified atom stereocenters. The van der Waals surface area contributed by atoms with Gasteiger partial charge in [0.05, 0.1) is 12.4 Å². The van der Waals surface area contributed by atoms with Crippen molar-refractivity contribution in [3.05, 3.63) is 72.5 Å². The first kappa shape index (κ1) is 21.9. The Hall–Kier alpha value is -3.79. The fourth-order valence-corrected chi connectivity index (χ4v) is 2.63. The molecular weight excluding hydrogens is 417 g/mol. The normalized spacial score (nSPS) is 12.1. The van der Waals surface area contributed by atoms with Gasteiger partial charge in [-0.2, -0.15) is 0 Å². The number of hydrogen-bond acceptors (Lipinski definition) is 5. The average molecular weight is 434 g/mol. The predicted octanol–water partition coefficient (Wildman–Crippen LogP) is 3.63. The van der Waals surface area contributed by atoms with Gasteiger partial charge in [-0.05, 0) is 42.0 Å². The van der Waals surface area contributed by atoms with E-state index < -0.39 is 30.0 Å². The molecule has 7 nitrogen and oxygen atoms in total. The van der Waals surface area contributed by atoms with Crippen LogP contribution < -0.4 is 15.4 Å². The molecule has 162 valence electrons. The van der Waals surface area contributed by atoms with E-state index in [0.717, 1.165) is 29.8 Å². The van der Waals surface area contributed by atoms with Gasteiger partial charge in [0.2, 0.25) is 0 Å². The number of nitrogens with one attached hydrogen (secondary N) is 2. The van der Waals surface area contributed by atoms with Gasteiger partial charge in [-0.1, -0.05) is 24.3 Å². The SMILES string of the molecule is O=C(NC[C@H](O)c1ccc(-c2ccco2)cc1)C(=O)Nc1ccc(OC(F)(F)F)cc1. The van der Waals surface area contributed by atoms with Gasteiger partial charge in [0, 0.05) is 17.8 Å². The van der Waals surface area contributed by atoms with Gasteiger partial charge in [0.1, 0.15) is 11.5 Å². The first-order valence-corrected chi connectivity index (χ1v) is 8.98. The molecule has 2 amide bonds. The minimum Gasteiger partial charge on any atom is -0.464 e. The second-order valence-electron chi connectivity index (χ2n) is 6.35. The number of benzene rings is 2. The molecule has 0 radical (unpaired) electrons. The van der Waals surface area contributed by atoms with E-state index in [2.05, 4.69) is 15.4 Å². The van der Waals surface area contributed by atoms with Crippen LogP contribution in [0.1, 0.15) is 11.7 Å². The van der Waals surface area contributed by atoms with E-state index in [1.165, 1.54) is 0 Å². The van der Waals surface area contributed by atoms with E-state index in [9.17, 15) is 27.9 Å². The number of carbonyl (C=O) groups is 2. The van der Waals surface area contributed by atoms with Crippen molar-refractivity contribution in [1.82, 2.24) is 5.32 Å². The van der Waals surface area contributed by atoms with Crippen LogP contribution in [0, 0.1) is 0 Å². The number of rotatable bonds is 6. The standard InChI is InChI=1S/C21H17F3N2O5/c22-21(23,24)31-16-9-7-15(8-10-16)26-20(29)19(28)25-12-17(27)13-3-5-14(6-4-13)18-2-1-11-30-18/h1-11,17,27H,12H2,(H,25,28)(H,26,29)/t17-/m0/s1. The van der Waals surface area contributed by atoms with Crippen LogP contribution in [0.25, 0.3) is 11.3 Å². The van der Waals surface area contributed by atoms with Crippen molar-refractivity contribution in [3.63, 3.8) is 0 Å². The molecule has 31 heavy (non-hydrogen) atoms. The molecule has 0 fully saturated rings. The molecule has 0 bridgehead atoms. The lowest BCUT2D eigenvalue weighted by atomic mass is 10.1. The van der Waals surface area contributed by atoms with Crippen molar-refractivity contribution in [2.45, 2.75) is 12.5 Å². The highest BCUT2D eigenvalue weighted by atomic mass is 19.4. The highest BCUT2D eigenvalue weighted by Crippen LogP contribution is 2.24. The smallest absolute Gasteiger partial charge is 0.464 e. The summed E-state index contributed by atoms with van der Waals surface area (Å²) in [5, 5.41) is 14.7. The summed E-state index contributed by atoms with van der Waals surface area (Å²) in [7, 11) is 0. The Kier molecular flexibility index (Phi) is 6.61. The van der Waals surface area contributed by atoms with E-state index in [-0.39, 0.29) is 12.2 Å². The van der Waals surface area contributed by atoms with Gasteiger partial charge in [0.15, 0.2) is 0 Å². The van der Waals surface area contributed by atoms with Crippen molar-refractivity contribution < 1.29 is 37.0 Å². The minimum absolute atomic E-state index is 0.101. The van der Waals surface area contributed by atoms with Gasteiger partial charge >= 0.3 is 18.2 Å². The first-order valence-electron chi connectivity index (χ1n) is 8.98. The Labute approximate surface area is 174 Å². The fourth-order valence-electron chi connectivity index (χ4n) is 2.63. The number of anilines is 1. The van der Waals surface area contributed by atoms with E-state index in [1.807, 2.05) is 0 Å². The minimum atomic E-state index is -4.83. The monoisotopic (exact) mass is 434 g/mol. The summed E-state index contributed by atoms with van der Waals surface area (Å²) in [5.41, 5.74) is 1.44. The quantitative estimate of drug-likeness (QED) is 0.515. The number of amides is 2. The predicted molar refractivity (Wildman–Crippen MR) is 104 cm³/mol. The molecule has 1 heterocycles. The summed E-state index contributed by atoms with van der Waals surface area (Å²) in [6, 6.07) is 14.7. The Bertz CT molecular complexity index is 1020. The average Bonchev–Trinajstić information content (AvgIpc) is 3.27. The Morgan fingerprint density at radius 3 is 2.26 bits per heavy atom. The summed E-state index contributed by atoms with van der Waals surface area (Å²) >= 11 is 0. The second-order valence-corrected chi connectivity index (χ2v) is 6.35. The summed E-state index contributed by atoms with van der Waals surface area (Å²) in [5.74, 6) is -1.84. The third-order valence-electron chi connectivity index (χ3n) is 4.11. The third-order valence-corrected chi connectivity index (χ3v) is 4.11. The zero-order chi connectivity index (χ0) is 22.4. The van der Waals surface area contributed by atoms with E-state index in [0.29, 0.717) is 11.3 Å². The largest absolute Gasteiger partial charge is 0.573 e. The summed E-state index contributed by atoms with van der Waals surface area (Å²) in [6.45, 7) is -0.218. The van der Waals surface area contributed by atoms with Crippen molar-refractivity contribution in [3.8, 4) is 17.1 Å². The van der Waals surface area contributed by atoms with Gasteiger partial charge < -0.3 is 24.9 Å². The van der Waals surface area contributed by atoms with E-state index >= 15 is 0 Å². The summed E-state index contributed by atoms with van der Waals surface area (Å²) in [6.07, 6.45) is -4.34. The third kappa shape index (κ3) is 6.34. The Morgan fingerprint density at radius 2 is 1.68 bits per heavy atom. The van der Waals surface area contributed by atoms with Crippen molar-refractivity contribution >= 4 is 17.5 Å². The number of alkyl halides is 3. The lowest BCUT2D eigenvalue weighted by Gasteiger charge is -2.13. The van der Waals surface area contributed by atoms with Crippen LogP contribution >= 0.6 is 0 Å².